The molecule has 18 heavy (non-hydrogen) atoms. The minimum Gasteiger partial charge on any atom is -0.476 e. The van der Waals surface area contributed by atoms with Gasteiger partial charge in [-0.05, 0) is 12.8 Å². The third-order valence-corrected chi connectivity index (χ3v) is 3.21. The van der Waals surface area contributed by atoms with Gasteiger partial charge in [0, 0.05) is 7.11 Å². The van der Waals surface area contributed by atoms with Crippen molar-refractivity contribution in [3.05, 3.63) is 18.1 Å². The molecule has 1 fully saturated rings. The van der Waals surface area contributed by atoms with Crippen LogP contribution in [0.25, 0.3) is 0 Å². The number of rotatable bonds is 4. The van der Waals surface area contributed by atoms with Gasteiger partial charge in [0.25, 0.3) is 0 Å². The van der Waals surface area contributed by atoms with Crippen LogP contribution in [0.1, 0.15) is 36.2 Å². The number of hydrogen-bond acceptors (Lipinski definition) is 5. The predicted octanol–water partition coefficient (Wildman–Crippen LogP) is 1.54. The van der Waals surface area contributed by atoms with Crippen LogP contribution in [0.15, 0.2) is 12.4 Å². The summed E-state index contributed by atoms with van der Waals surface area (Å²) in [5.41, 5.74) is -0.0486. The van der Waals surface area contributed by atoms with Crippen molar-refractivity contribution in [1.29, 1.82) is 0 Å². The van der Waals surface area contributed by atoms with E-state index < -0.39 is 5.97 Å². The maximum atomic E-state index is 10.7. The second-order valence-corrected chi connectivity index (χ2v) is 4.40. The summed E-state index contributed by atoms with van der Waals surface area (Å²) >= 11 is 0. The van der Waals surface area contributed by atoms with Gasteiger partial charge in [0.1, 0.15) is 5.82 Å². The average Bonchev–Trinajstić information content (AvgIpc) is 2.40. The maximum absolute atomic E-state index is 10.7. The zero-order valence-electron chi connectivity index (χ0n) is 10.3. The molecule has 6 heteroatoms. The number of carbonyl (C=O) groups is 1. The number of ether oxygens (including phenoxy) is 1. The Bertz CT molecular complexity index is 408. The summed E-state index contributed by atoms with van der Waals surface area (Å²) in [6, 6.07) is 0.216. The Balaban J connectivity index is 2.01. The van der Waals surface area contributed by atoms with Crippen molar-refractivity contribution in [3.8, 4) is 0 Å². The van der Waals surface area contributed by atoms with Crippen LogP contribution < -0.4 is 5.32 Å². The lowest BCUT2D eigenvalue weighted by atomic mass is 9.92. The van der Waals surface area contributed by atoms with Crippen LogP contribution >= 0.6 is 0 Å². The summed E-state index contributed by atoms with van der Waals surface area (Å²) in [5, 5.41) is 12.0. The highest BCUT2D eigenvalue weighted by atomic mass is 16.5. The number of nitrogens with zero attached hydrogens (tertiary/aromatic N) is 2. The second kappa shape index (κ2) is 5.77. The fourth-order valence-corrected chi connectivity index (χ4v) is 2.25. The molecule has 0 saturated heterocycles. The average molecular weight is 251 g/mol. The predicted molar refractivity (Wildman–Crippen MR) is 65.7 cm³/mol. The van der Waals surface area contributed by atoms with Crippen molar-refractivity contribution in [2.75, 3.05) is 12.4 Å². The highest BCUT2D eigenvalue weighted by Gasteiger charge is 2.25. The van der Waals surface area contributed by atoms with Crippen molar-refractivity contribution in [2.24, 2.45) is 0 Å². The molecule has 1 heterocycles. The number of methoxy groups -OCH3 is 1. The molecule has 1 aromatic heterocycles. The molecule has 2 N–H and O–H groups in total. The van der Waals surface area contributed by atoms with Crippen molar-refractivity contribution in [2.45, 2.75) is 37.8 Å². The van der Waals surface area contributed by atoms with E-state index in [-0.39, 0.29) is 17.8 Å². The van der Waals surface area contributed by atoms with Gasteiger partial charge >= 0.3 is 5.97 Å². The summed E-state index contributed by atoms with van der Waals surface area (Å²) in [7, 11) is 1.71. The van der Waals surface area contributed by atoms with Crippen molar-refractivity contribution < 1.29 is 14.6 Å². The number of carboxylic acid groups (broad SMARTS) is 1. The Morgan fingerprint density at radius 1 is 1.39 bits per heavy atom. The van der Waals surface area contributed by atoms with E-state index in [0.29, 0.717) is 5.82 Å². The smallest absolute Gasteiger partial charge is 0.356 e. The lowest BCUT2D eigenvalue weighted by Crippen LogP contribution is -2.38. The zero-order valence-corrected chi connectivity index (χ0v) is 10.3. The molecule has 1 aliphatic carbocycles. The van der Waals surface area contributed by atoms with Gasteiger partial charge in [0.2, 0.25) is 0 Å². The van der Waals surface area contributed by atoms with E-state index in [2.05, 4.69) is 15.3 Å². The quantitative estimate of drug-likeness (QED) is 0.844. The molecule has 1 saturated carbocycles. The topological polar surface area (TPSA) is 84.3 Å². The molecule has 6 nitrogen and oxygen atoms in total. The molecule has 0 aromatic carbocycles. The summed E-state index contributed by atoms with van der Waals surface area (Å²) < 4.78 is 5.43. The maximum Gasteiger partial charge on any atom is 0.356 e. The van der Waals surface area contributed by atoms with Gasteiger partial charge < -0.3 is 15.2 Å². The lowest BCUT2D eigenvalue weighted by molar-refractivity contribution is 0.0604. The van der Waals surface area contributed by atoms with Gasteiger partial charge in [-0.3, -0.25) is 0 Å². The van der Waals surface area contributed by atoms with E-state index in [0.717, 1.165) is 19.3 Å². The van der Waals surface area contributed by atoms with Crippen LogP contribution in [0.2, 0.25) is 0 Å². The first kappa shape index (κ1) is 12.8. The van der Waals surface area contributed by atoms with Gasteiger partial charge in [-0.1, -0.05) is 12.8 Å². The molecule has 2 unspecified atom stereocenters. The first-order valence-corrected chi connectivity index (χ1v) is 6.05. The molecule has 0 bridgehead atoms. The molecular formula is C12H17N3O3. The van der Waals surface area contributed by atoms with Crippen molar-refractivity contribution >= 4 is 11.8 Å². The van der Waals surface area contributed by atoms with E-state index in [1.807, 2.05) is 0 Å². The van der Waals surface area contributed by atoms with Gasteiger partial charge in [-0.25, -0.2) is 14.8 Å². The minimum atomic E-state index is -1.07. The number of carboxylic acids is 1. The number of aromatic nitrogens is 2. The minimum absolute atomic E-state index is 0.0486. The third kappa shape index (κ3) is 2.95. The fourth-order valence-electron chi connectivity index (χ4n) is 2.25. The molecule has 1 aromatic rings. The van der Waals surface area contributed by atoms with Crippen LogP contribution in [0.5, 0.6) is 0 Å². The lowest BCUT2D eigenvalue weighted by Gasteiger charge is -2.31. The zero-order chi connectivity index (χ0) is 13.0. The molecule has 1 aliphatic rings. The first-order chi connectivity index (χ1) is 8.70. The summed E-state index contributed by atoms with van der Waals surface area (Å²) in [6.07, 6.45) is 7.30. The van der Waals surface area contributed by atoms with Crippen LogP contribution in [-0.4, -0.2) is 40.3 Å². The number of anilines is 1. The molecule has 2 rings (SSSR count). The van der Waals surface area contributed by atoms with Crippen LogP contribution in [0.4, 0.5) is 5.82 Å². The summed E-state index contributed by atoms with van der Waals surface area (Å²) in [6.45, 7) is 0. The molecule has 98 valence electrons. The van der Waals surface area contributed by atoms with E-state index in [9.17, 15) is 4.79 Å². The first-order valence-electron chi connectivity index (χ1n) is 6.05. The van der Waals surface area contributed by atoms with Gasteiger partial charge in [0.15, 0.2) is 5.69 Å². The van der Waals surface area contributed by atoms with E-state index in [1.165, 1.54) is 18.8 Å². The Hall–Kier alpha value is -1.69. The van der Waals surface area contributed by atoms with Crippen LogP contribution in [-0.2, 0) is 4.74 Å². The standard InChI is InChI=1S/C12H17N3O3/c1-18-10-5-3-2-4-8(10)15-11-7-13-9(6-14-11)12(16)17/h6-8,10H,2-5H2,1H3,(H,14,15)(H,16,17). The Labute approximate surface area is 105 Å². The van der Waals surface area contributed by atoms with E-state index in [4.69, 9.17) is 9.84 Å². The van der Waals surface area contributed by atoms with Gasteiger partial charge in [-0.15, -0.1) is 0 Å². The molecule has 0 amide bonds. The molecule has 0 spiro atoms. The van der Waals surface area contributed by atoms with E-state index >= 15 is 0 Å². The normalized spacial score (nSPS) is 23.6. The Kier molecular flexibility index (Phi) is 4.09. The Morgan fingerprint density at radius 3 is 2.78 bits per heavy atom. The largest absolute Gasteiger partial charge is 0.476 e. The summed E-state index contributed by atoms with van der Waals surface area (Å²) in [5.74, 6) is -0.476. The Morgan fingerprint density at radius 2 is 2.17 bits per heavy atom. The van der Waals surface area contributed by atoms with Crippen LogP contribution in [0, 0.1) is 0 Å². The molecule has 0 aliphatic heterocycles. The number of nitrogens with one attached hydrogen (secondary N) is 1. The monoisotopic (exact) mass is 251 g/mol. The van der Waals surface area contributed by atoms with Gasteiger partial charge in [0.05, 0.1) is 24.5 Å². The van der Waals surface area contributed by atoms with Crippen molar-refractivity contribution in [1.82, 2.24) is 9.97 Å². The highest BCUT2D eigenvalue weighted by molar-refractivity contribution is 5.84. The fraction of sp³-hybridized carbons (Fsp3) is 0.583. The molecule has 2 atom stereocenters. The van der Waals surface area contributed by atoms with Gasteiger partial charge in [-0.2, -0.15) is 0 Å². The summed E-state index contributed by atoms with van der Waals surface area (Å²) in [4.78, 5) is 18.5. The van der Waals surface area contributed by atoms with Crippen LogP contribution in [0.3, 0.4) is 0 Å². The van der Waals surface area contributed by atoms with E-state index in [1.54, 1.807) is 7.11 Å². The third-order valence-electron chi connectivity index (χ3n) is 3.21. The second-order valence-electron chi connectivity index (χ2n) is 4.40. The SMILES string of the molecule is COC1CCCCC1Nc1cnc(C(=O)O)cn1. The van der Waals surface area contributed by atoms with Crippen molar-refractivity contribution in [3.63, 3.8) is 0 Å². The highest BCUT2D eigenvalue weighted by Crippen LogP contribution is 2.23. The number of aromatic carboxylic acids is 1. The number of hydrogen-bond donors (Lipinski definition) is 2. The molecular weight excluding hydrogens is 234 g/mol. The molecule has 0 radical (unpaired) electrons.